The van der Waals surface area contributed by atoms with Gasteiger partial charge in [-0.3, -0.25) is 14.6 Å². The molecule has 1 atom stereocenters. The number of aromatic nitrogens is 1. The third-order valence-corrected chi connectivity index (χ3v) is 7.59. The van der Waals surface area contributed by atoms with Crippen LogP contribution in [0.4, 0.5) is 5.69 Å². The van der Waals surface area contributed by atoms with E-state index in [1.165, 1.54) is 12.4 Å². The minimum Gasteiger partial charge on any atom is -0.480 e. The second kappa shape index (κ2) is 11.2. The molecule has 0 saturated heterocycles. The highest BCUT2D eigenvalue weighted by atomic mass is 35.5. The Balaban J connectivity index is 1.49. The minimum absolute atomic E-state index is 0.131. The quantitative estimate of drug-likeness (QED) is 0.423. The molecule has 1 amide bonds. The average Bonchev–Trinajstić information content (AvgIpc) is 2.86. The van der Waals surface area contributed by atoms with Gasteiger partial charge < -0.3 is 20.6 Å². The Bertz CT molecular complexity index is 1220. The number of carbonyl (C=O) groups excluding carboxylic acids is 2. The Labute approximate surface area is 226 Å². The molecule has 0 unspecified atom stereocenters. The molecule has 2 aromatic rings. The molecule has 10 heteroatoms. The van der Waals surface area contributed by atoms with Crippen LogP contribution in [0.15, 0.2) is 47.9 Å². The predicted molar refractivity (Wildman–Crippen MR) is 143 cm³/mol. The van der Waals surface area contributed by atoms with E-state index in [-0.39, 0.29) is 27.8 Å². The third-order valence-electron chi connectivity index (χ3n) is 7.02. The van der Waals surface area contributed by atoms with Gasteiger partial charge >= 0.3 is 5.97 Å². The Kier molecular flexibility index (Phi) is 8.21. The van der Waals surface area contributed by atoms with Gasteiger partial charge in [0.1, 0.15) is 6.04 Å². The Morgan fingerprint density at radius 1 is 1.08 bits per heavy atom. The fourth-order valence-corrected chi connectivity index (χ4v) is 5.76. The van der Waals surface area contributed by atoms with Gasteiger partial charge in [-0.1, -0.05) is 54.6 Å². The summed E-state index contributed by atoms with van der Waals surface area (Å²) in [5.74, 6) is -1.30. The lowest BCUT2D eigenvalue weighted by atomic mass is 9.58. The van der Waals surface area contributed by atoms with Crippen molar-refractivity contribution in [2.75, 3.05) is 26.0 Å². The second-order valence-corrected chi connectivity index (χ2v) is 10.7. The number of nitrogens with zero attached hydrogens (tertiary/aromatic N) is 2. The molecular formula is C27H30Cl2N4O4. The number of benzene rings is 1. The molecule has 196 valence electrons. The number of hydrogen-bond acceptors (Lipinski definition) is 6. The number of rotatable bonds is 9. The van der Waals surface area contributed by atoms with E-state index in [0.717, 1.165) is 43.4 Å². The van der Waals surface area contributed by atoms with Crippen molar-refractivity contribution in [1.82, 2.24) is 15.2 Å². The van der Waals surface area contributed by atoms with E-state index in [9.17, 15) is 19.5 Å². The zero-order valence-electron chi connectivity index (χ0n) is 20.8. The third kappa shape index (κ3) is 5.66. The largest absolute Gasteiger partial charge is 0.480 e. The van der Waals surface area contributed by atoms with Crippen molar-refractivity contribution in [3.05, 3.63) is 69.1 Å². The van der Waals surface area contributed by atoms with Gasteiger partial charge in [-0.2, -0.15) is 0 Å². The van der Waals surface area contributed by atoms with Crippen LogP contribution in [0.5, 0.6) is 0 Å². The topological polar surface area (TPSA) is 112 Å². The van der Waals surface area contributed by atoms with Crippen LogP contribution in [0.1, 0.15) is 48.0 Å². The molecule has 1 fully saturated rings. The van der Waals surface area contributed by atoms with Crippen LogP contribution < -0.4 is 10.6 Å². The van der Waals surface area contributed by atoms with Crippen LogP contribution in [0.3, 0.4) is 0 Å². The number of amides is 1. The number of likely N-dealkylation sites (N-methyl/N-ethyl adjacent to an activating group) is 1. The highest BCUT2D eigenvalue weighted by Gasteiger charge is 2.54. The van der Waals surface area contributed by atoms with Gasteiger partial charge in [-0.15, -0.1) is 0 Å². The molecule has 1 aromatic heterocycles. The van der Waals surface area contributed by atoms with Crippen molar-refractivity contribution in [2.24, 2.45) is 5.41 Å². The molecule has 2 aliphatic rings. The number of aliphatic carboxylic acids is 1. The summed E-state index contributed by atoms with van der Waals surface area (Å²) in [6.45, 7) is 0.481. The summed E-state index contributed by atoms with van der Waals surface area (Å²) in [5.41, 5.74) is 2.33. The first-order chi connectivity index (χ1) is 17.6. The molecule has 0 aliphatic heterocycles. The van der Waals surface area contributed by atoms with Gasteiger partial charge in [0.05, 0.1) is 21.0 Å². The Morgan fingerprint density at radius 3 is 2.27 bits per heavy atom. The van der Waals surface area contributed by atoms with E-state index in [1.54, 1.807) is 24.3 Å². The number of pyridine rings is 1. The number of anilines is 1. The van der Waals surface area contributed by atoms with Crippen LogP contribution in [0.25, 0.3) is 0 Å². The fraction of sp³-hybridized carbons (Fsp3) is 0.407. The normalized spacial score (nSPS) is 17.5. The summed E-state index contributed by atoms with van der Waals surface area (Å²) in [4.78, 5) is 43.8. The number of hydrogen-bond donors (Lipinski definition) is 3. The molecule has 1 aromatic carbocycles. The summed E-state index contributed by atoms with van der Waals surface area (Å²) in [5, 5.41) is 16.3. The van der Waals surface area contributed by atoms with Crippen molar-refractivity contribution in [2.45, 2.75) is 44.6 Å². The number of carbonyl (C=O) groups is 3. The smallest absolute Gasteiger partial charge is 0.326 e. The van der Waals surface area contributed by atoms with Gasteiger partial charge in [0.15, 0.2) is 5.78 Å². The fourth-order valence-electron chi connectivity index (χ4n) is 5.22. The van der Waals surface area contributed by atoms with E-state index >= 15 is 0 Å². The summed E-state index contributed by atoms with van der Waals surface area (Å²) in [7, 11) is 3.80. The SMILES string of the molecule is CN(C)CC1=C(N[C@@H](Cc2ccc(NC(=O)c3c(Cl)cncc3Cl)cc2)C(=O)O)C2(CCCCC2)C1=O. The first-order valence-corrected chi connectivity index (χ1v) is 13.0. The van der Waals surface area contributed by atoms with Crippen LogP contribution in [-0.4, -0.2) is 59.3 Å². The standard InChI is InChI=1S/C27H30Cl2N4O4/c1-33(2)15-18-23(27(24(18)34)10-4-3-5-11-27)32-21(26(36)37)12-16-6-8-17(9-7-16)31-25(35)22-19(28)13-30-14-20(22)29/h6-9,13-14,21,32H,3-5,10-12,15H2,1-2H3,(H,31,35)(H,36,37)/t21-/m0/s1. The number of allylic oxidation sites excluding steroid dienone is 1. The number of carboxylic acid groups (broad SMARTS) is 1. The summed E-state index contributed by atoms with van der Waals surface area (Å²) < 4.78 is 0. The predicted octanol–water partition coefficient (Wildman–Crippen LogP) is 4.57. The maximum atomic E-state index is 13.1. The first-order valence-electron chi connectivity index (χ1n) is 12.2. The van der Waals surface area contributed by atoms with Crippen molar-refractivity contribution in [3.63, 3.8) is 0 Å². The summed E-state index contributed by atoms with van der Waals surface area (Å²) in [6, 6.07) is 6.03. The Hall–Kier alpha value is -2.94. The van der Waals surface area contributed by atoms with E-state index < -0.39 is 23.3 Å². The monoisotopic (exact) mass is 544 g/mol. The molecule has 8 nitrogen and oxygen atoms in total. The highest BCUT2D eigenvalue weighted by molar-refractivity contribution is 6.40. The zero-order chi connectivity index (χ0) is 26.7. The van der Waals surface area contributed by atoms with Crippen molar-refractivity contribution >= 4 is 46.5 Å². The molecule has 37 heavy (non-hydrogen) atoms. The van der Waals surface area contributed by atoms with E-state index in [1.807, 2.05) is 19.0 Å². The van der Waals surface area contributed by atoms with Crippen LogP contribution in [-0.2, 0) is 16.0 Å². The molecule has 3 N–H and O–H groups in total. The van der Waals surface area contributed by atoms with Crippen molar-refractivity contribution < 1.29 is 19.5 Å². The van der Waals surface area contributed by atoms with Crippen molar-refractivity contribution in [3.8, 4) is 0 Å². The maximum absolute atomic E-state index is 13.1. The summed E-state index contributed by atoms with van der Waals surface area (Å²) >= 11 is 12.1. The van der Waals surface area contributed by atoms with Gasteiger partial charge in [0.2, 0.25) is 0 Å². The van der Waals surface area contributed by atoms with Crippen LogP contribution in [0, 0.1) is 5.41 Å². The molecule has 1 heterocycles. The van der Waals surface area contributed by atoms with Crippen molar-refractivity contribution in [1.29, 1.82) is 0 Å². The lowest BCUT2D eigenvalue weighted by Crippen LogP contribution is -2.55. The lowest BCUT2D eigenvalue weighted by Gasteiger charge is -2.48. The van der Waals surface area contributed by atoms with E-state index in [0.29, 0.717) is 17.8 Å². The van der Waals surface area contributed by atoms with E-state index in [4.69, 9.17) is 23.2 Å². The molecule has 2 aliphatic carbocycles. The zero-order valence-corrected chi connectivity index (χ0v) is 22.3. The van der Waals surface area contributed by atoms with Gasteiger partial charge in [0, 0.05) is 42.3 Å². The number of ketones is 1. The molecule has 4 rings (SSSR count). The van der Waals surface area contributed by atoms with E-state index in [2.05, 4.69) is 15.6 Å². The molecule has 1 saturated carbocycles. The number of halogens is 2. The molecule has 0 bridgehead atoms. The Morgan fingerprint density at radius 2 is 1.70 bits per heavy atom. The molecule has 0 radical (unpaired) electrons. The second-order valence-electron chi connectivity index (χ2n) is 9.93. The van der Waals surface area contributed by atoms with Crippen LogP contribution in [0.2, 0.25) is 10.0 Å². The maximum Gasteiger partial charge on any atom is 0.326 e. The molecule has 1 spiro atoms. The van der Waals surface area contributed by atoms with Crippen LogP contribution >= 0.6 is 23.2 Å². The number of nitrogens with one attached hydrogen (secondary N) is 2. The van der Waals surface area contributed by atoms with Gasteiger partial charge in [-0.25, -0.2) is 4.79 Å². The molecular weight excluding hydrogens is 515 g/mol. The number of carboxylic acids is 1. The minimum atomic E-state index is -0.985. The number of Topliss-reactive ketones (excluding diaryl/α,β-unsaturated/α-hetero) is 1. The van der Waals surface area contributed by atoms with Gasteiger partial charge in [-0.05, 0) is 44.6 Å². The highest BCUT2D eigenvalue weighted by Crippen LogP contribution is 2.52. The lowest BCUT2D eigenvalue weighted by molar-refractivity contribution is -0.140. The average molecular weight is 545 g/mol. The first kappa shape index (κ1) is 27.1. The van der Waals surface area contributed by atoms with Gasteiger partial charge in [0.25, 0.3) is 5.91 Å². The summed E-state index contributed by atoms with van der Waals surface area (Å²) in [6.07, 6.45) is 7.45.